The number of sulfonamides is 1. The van der Waals surface area contributed by atoms with Crippen molar-refractivity contribution in [2.75, 3.05) is 0 Å². The zero-order chi connectivity index (χ0) is 18.9. The molecule has 26 heavy (non-hydrogen) atoms. The Balaban J connectivity index is 1.90. The van der Waals surface area contributed by atoms with Gasteiger partial charge in [-0.05, 0) is 50.6 Å². The second-order valence-electron chi connectivity index (χ2n) is 6.20. The van der Waals surface area contributed by atoms with Gasteiger partial charge in [-0.25, -0.2) is 22.2 Å². The fraction of sp³-hybridized carbons (Fsp3) is 0.211. The molecule has 7 heteroatoms. The molecule has 0 aliphatic heterocycles. The molecule has 0 fully saturated rings. The molecule has 5 nitrogen and oxygen atoms in total. The van der Waals surface area contributed by atoms with Crippen LogP contribution in [-0.2, 0) is 16.6 Å². The summed E-state index contributed by atoms with van der Waals surface area (Å²) in [7, 11) is -3.73. The van der Waals surface area contributed by atoms with E-state index in [1.54, 1.807) is 26.0 Å². The largest absolute Gasteiger partial charge is 0.244 e. The quantitative estimate of drug-likeness (QED) is 0.745. The lowest BCUT2D eigenvalue weighted by Crippen LogP contribution is -2.24. The number of rotatable bonds is 5. The van der Waals surface area contributed by atoms with Gasteiger partial charge in [0.15, 0.2) is 0 Å². The molecule has 0 spiro atoms. The maximum atomic E-state index is 13.1. The Hall–Kier alpha value is -2.51. The third-order valence-corrected chi connectivity index (χ3v) is 5.80. The topological polar surface area (TPSA) is 64.0 Å². The van der Waals surface area contributed by atoms with E-state index in [9.17, 15) is 12.8 Å². The molecule has 1 N–H and O–H groups in total. The molecule has 1 aromatic heterocycles. The number of halogens is 1. The van der Waals surface area contributed by atoms with Crippen molar-refractivity contribution in [2.45, 2.75) is 32.2 Å². The summed E-state index contributed by atoms with van der Waals surface area (Å²) in [5, 5.41) is 4.32. The lowest BCUT2D eigenvalue weighted by molar-refractivity contribution is 0.580. The van der Waals surface area contributed by atoms with Crippen LogP contribution < -0.4 is 4.72 Å². The fourth-order valence-electron chi connectivity index (χ4n) is 2.81. The highest BCUT2D eigenvalue weighted by molar-refractivity contribution is 7.89. The summed E-state index contributed by atoms with van der Waals surface area (Å²) in [4.78, 5) is 0.147. The maximum Gasteiger partial charge on any atom is 0.244 e. The first-order chi connectivity index (χ1) is 12.3. The molecule has 0 radical (unpaired) electrons. The third kappa shape index (κ3) is 3.68. The van der Waals surface area contributed by atoms with Gasteiger partial charge in [0.05, 0.1) is 17.1 Å². The Morgan fingerprint density at radius 1 is 1.00 bits per heavy atom. The smallest absolute Gasteiger partial charge is 0.236 e. The summed E-state index contributed by atoms with van der Waals surface area (Å²) in [6, 6.07) is 13.4. The lowest BCUT2D eigenvalue weighted by Gasteiger charge is -2.08. The van der Waals surface area contributed by atoms with Crippen molar-refractivity contribution in [2.24, 2.45) is 0 Å². The van der Waals surface area contributed by atoms with Crippen LogP contribution in [0, 0.1) is 26.6 Å². The van der Waals surface area contributed by atoms with Crippen molar-refractivity contribution in [3.8, 4) is 5.69 Å². The van der Waals surface area contributed by atoms with E-state index in [4.69, 9.17) is 0 Å². The number of hydrogen-bond donors (Lipinski definition) is 1. The average molecular weight is 373 g/mol. The molecule has 136 valence electrons. The van der Waals surface area contributed by atoms with Crippen LogP contribution in [0.5, 0.6) is 0 Å². The van der Waals surface area contributed by atoms with Gasteiger partial charge in [-0.1, -0.05) is 29.8 Å². The molecule has 0 bridgehead atoms. The number of nitrogens with one attached hydrogen (secondary N) is 1. The highest BCUT2D eigenvalue weighted by Gasteiger charge is 2.24. The molecular weight excluding hydrogens is 353 g/mol. The number of aryl methyl sites for hydroxylation is 2. The molecule has 1 heterocycles. The second-order valence-corrected chi connectivity index (χ2v) is 7.90. The molecular formula is C19H20FN3O2S. The lowest BCUT2D eigenvalue weighted by atomic mass is 10.2. The highest BCUT2D eigenvalue weighted by atomic mass is 32.2. The Kier molecular flexibility index (Phi) is 4.93. The summed E-state index contributed by atoms with van der Waals surface area (Å²) in [5.41, 5.74) is 3.46. The van der Waals surface area contributed by atoms with Gasteiger partial charge in [-0.15, -0.1) is 0 Å². The summed E-state index contributed by atoms with van der Waals surface area (Å²) < 4.78 is 42.8. The van der Waals surface area contributed by atoms with E-state index in [0.29, 0.717) is 17.1 Å². The normalized spacial score (nSPS) is 11.7. The summed E-state index contributed by atoms with van der Waals surface area (Å²) in [6.45, 7) is 5.50. The zero-order valence-electron chi connectivity index (χ0n) is 14.8. The van der Waals surface area contributed by atoms with E-state index in [-0.39, 0.29) is 17.3 Å². The van der Waals surface area contributed by atoms with Crippen LogP contribution >= 0.6 is 0 Å². The number of hydrogen-bond acceptors (Lipinski definition) is 3. The van der Waals surface area contributed by atoms with E-state index >= 15 is 0 Å². The molecule has 0 atom stereocenters. The molecule has 3 aromatic rings. The van der Waals surface area contributed by atoms with Gasteiger partial charge < -0.3 is 0 Å². The Labute approximate surface area is 152 Å². The monoisotopic (exact) mass is 373 g/mol. The average Bonchev–Trinajstić information content (AvgIpc) is 2.90. The third-order valence-electron chi connectivity index (χ3n) is 4.15. The molecule has 2 aromatic carbocycles. The van der Waals surface area contributed by atoms with Crippen LogP contribution in [0.4, 0.5) is 4.39 Å². The summed E-state index contributed by atoms with van der Waals surface area (Å²) >= 11 is 0. The minimum Gasteiger partial charge on any atom is -0.236 e. The summed E-state index contributed by atoms with van der Waals surface area (Å²) in [6.07, 6.45) is 0. The fourth-order valence-corrected chi connectivity index (χ4v) is 4.21. The Morgan fingerprint density at radius 2 is 1.62 bits per heavy atom. The highest BCUT2D eigenvalue weighted by Crippen LogP contribution is 2.23. The van der Waals surface area contributed by atoms with Crippen molar-refractivity contribution in [3.05, 3.63) is 76.9 Å². The van der Waals surface area contributed by atoms with Crippen LogP contribution in [0.1, 0.15) is 22.5 Å². The van der Waals surface area contributed by atoms with E-state index in [1.165, 1.54) is 16.8 Å². The minimum absolute atomic E-state index is 0.147. The van der Waals surface area contributed by atoms with Crippen LogP contribution in [0.15, 0.2) is 53.4 Å². The first kappa shape index (κ1) is 18.3. The minimum atomic E-state index is -3.73. The maximum absolute atomic E-state index is 13.1. The number of benzene rings is 2. The molecule has 0 saturated carbocycles. The van der Waals surface area contributed by atoms with Crippen molar-refractivity contribution in [1.82, 2.24) is 14.5 Å². The molecule has 0 aliphatic carbocycles. The van der Waals surface area contributed by atoms with Crippen molar-refractivity contribution in [1.29, 1.82) is 0 Å². The van der Waals surface area contributed by atoms with Gasteiger partial charge in [0.2, 0.25) is 10.0 Å². The van der Waals surface area contributed by atoms with E-state index in [0.717, 1.165) is 11.1 Å². The molecule has 0 aliphatic rings. The molecule has 0 amide bonds. The van der Waals surface area contributed by atoms with Crippen molar-refractivity contribution in [3.63, 3.8) is 0 Å². The van der Waals surface area contributed by atoms with Crippen LogP contribution in [-0.4, -0.2) is 18.2 Å². The Bertz CT molecular complexity index is 1020. The van der Waals surface area contributed by atoms with Gasteiger partial charge in [0, 0.05) is 6.54 Å². The van der Waals surface area contributed by atoms with Gasteiger partial charge in [0.1, 0.15) is 10.7 Å². The number of aromatic nitrogens is 2. The predicted molar refractivity (Wildman–Crippen MR) is 98.2 cm³/mol. The Morgan fingerprint density at radius 3 is 2.23 bits per heavy atom. The van der Waals surface area contributed by atoms with E-state index in [2.05, 4.69) is 9.82 Å². The predicted octanol–water partition coefficient (Wildman–Crippen LogP) is 3.42. The first-order valence-corrected chi connectivity index (χ1v) is 9.63. The number of nitrogens with zero attached hydrogens (tertiary/aromatic N) is 2. The molecule has 0 saturated heterocycles. The van der Waals surface area contributed by atoms with Crippen LogP contribution in [0.3, 0.4) is 0 Å². The van der Waals surface area contributed by atoms with E-state index in [1.807, 2.05) is 31.2 Å². The second kappa shape index (κ2) is 7.01. The zero-order valence-corrected chi connectivity index (χ0v) is 15.6. The standard InChI is InChI=1S/C19H20FN3O2S/c1-13-4-6-16(7-5-13)12-21-26(24,25)19-14(2)22-23(15(19)3)18-10-8-17(20)9-11-18/h4-11,21H,12H2,1-3H3. The van der Waals surface area contributed by atoms with Gasteiger partial charge in [-0.3, -0.25) is 0 Å². The first-order valence-electron chi connectivity index (χ1n) is 8.15. The van der Waals surface area contributed by atoms with Crippen molar-refractivity contribution < 1.29 is 12.8 Å². The SMILES string of the molecule is Cc1ccc(CNS(=O)(=O)c2c(C)nn(-c3ccc(F)cc3)c2C)cc1. The molecule has 3 rings (SSSR count). The van der Waals surface area contributed by atoms with Crippen LogP contribution in [0.2, 0.25) is 0 Å². The van der Waals surface area contributed by atoms with Crippen LogP contribution in [0.25, 0.3) is 5.69 Å². The van der Waals surface area contributed by atoms with Gasteiger partial charge in [-0.2, -0.15) is 5.10 Å². The van der Waals surface area contributed by atoms with E-state index < -0.39 is 10.0 Å². The van der Waals surface area contributed by atoms with Crippen molar-refractivity contribution >= 4 is 10.0 Å². The van der Waals surface area contributed by atoms with Gasteiger partial charge in [0.25, 0.3) is 0 Å². The molecule has 0 unspecified atom stereocenters. The van der Waals surface area contributed by atoms with Gasteiger partial charge >= 0.3 is 0 Å². The summed E-state index contributed by atoms with van der Waals surface area (Å²) in [5.74, 6) is -0.358.